The fourth-order valence-electron chi connectivity index (χ4n) is 4.42. The molecule has 0 aromatic heterocycles. The van der Waals surface area contributed by atoms with Gasteiger partial charge in [0.05, 0.1) is 12.2 Å². The molecule has 0 spiro atoms. The molecular formula is C13H22O2. The molecule has 2 bridgehead atoms. The van der Waals surface area contributed by atoms with Gasteiger partial charge in [-0.3, -0.25) is 0 Å². The summed E-state index contributed by atoms with van der Waals surface area (Å²) in [6.45, 7) is 0. The van der Waals surface area contributed by atoms with Crippen LogP contribution in [0.5, 0.6) is 0 Å². The average molecular weight is 210 g/mol. The van der Waals surface area contributed by atoms with E-state index in [2.05, 4.69) is 0 Å². The minimum absolute atomic E-state index is 0.442. The maximum absolute atomic E-state index is 9.73. The van der Waals surface area contributed by atoms with Crippen LogP contribution in [0.25, 0.3) is 0 Å². The summed E-state index contributed by atoms with van der Waals surface area (Å²) in [6.07, 6.45) is 7.70. The van der Waals surface area contributed by atoms with Crippen LogP contribution < -0.4 is 0 Å². The second kappa shape index (κ2) is 3.74. The Bertz CT molecular complexity index is 241. The van der Waals surface area contributed by atoms with Crippen molar-refractivity contribution >= 4 is 0 Å². The van der Waals surface area contributed by atoms with E-state index >= 15 is 0 Å². The van der Waals surface area contributed by atoms with E-state index in [1.54, 1.807) is 0 Å². The van der Waals surface area contributed by atoms with E-state index in [-0.39, 0.29) is 0 Å². The van der Waals surface area contributed by atoms with Gasteiger partial charge in [-0.2, -0.15) is 0 Å². The van der Waals surface area contributed by atoms with Gasteiger partial charge < -0.3 is 10.2 Å². The first-order chi connectivity index (χ1) is 7.24. The normalized spacial score (nSPS) is 54.8. The molecule has 2 nitrogen and oxygen atoms in total. The van der Waals surface area contributed by atoms with Gasteiger partial charge in [0.15, 0.2) is 0 Å². The van der Waals surface area contributed by atoms with E-state index in [1.165, 1.54) is 25.7 Å². The fourth-order valence-corrected chi connectivity index (χ4v) is 4.42. The predicted octanol–water partition coefficient (Wildman–Crippen LogP) is 1.94. The van der Waals surface area contributed by atoms with Gasteiger partial charge in [-0.25, -0.2) is 0 Å². The molecule has 3 aliphatic carbocycles. The quantitative estimate of drug-likeness (QED) is 0.694. The lowest BCUT2D eigenvalue weighted by Gasteiger charge is -2.37. The molecule has 3 saturated carbocycles. The van der Waals surface area contributed by atoms with Gasteiger partial charge in [0.25, 0.3) is 0 Å². The molecule has 2 N–H and O–H groups in total. The Kier molecular flexibility index (Phi) is 2.52. The highest BCUT2D eigenvalue weighted by Crippen LogP contribution is 2.53. The Balaban J connectivity index is 1.63. The number of rotatable bonds is 1. The van der Waals surface area contributed by atoms with Gasteiger partial charge in [-0.05, 0) is 62.2 Å². The highest BCUT2D eigenvalue weighted by atomic mass is 16.3. The Hall–Kier alpha value is -0.0800. The van der Waals surface area contributed by atoms with Gasteiger partial charge in [0.2, 0.25) is 0 Å². The van der Waals surface area contributed by atoms with Crippen LogP contribution in [0.4, 0.5) is 0 Å². The zero-order chi connectivity index (χ0) is 10.4. The largest absolute Gasteiger partial charge is 0.390 e. The molecule has 0 saturated heterocycles. The van der Waals surface area contributed by atoms with E-state index in [4.69, 9.17) is 0 Å². The molecule has 0 aromatic rings. The summed E-state index contributed by atoms with van der Waals surface area (Å²) >= 11 is 0. The summed E-state index contributed by atoms with van der Waals surface area (Å²) in [7, 11) is 0. The summed E-state index contributed by atoms with van der Waals surface area (Å²) in [6, 6.07) is 0. The first-order valence-corrected chi connectivity index (χ1v) is 6.60. The summed E-state index contributed by atoms with van der Waals surface area (Å²) in [5.74, 6) is 3.55. The van der Waals surface area contributed by atoms with Crippen LogP contribution in [-0.4, -0.2) is 22.4 Å². The van der Waals surface area contributed by atoms with E-state index < -0.39 is 12.2 Å². The predicted molar refractivity (Wildman–Crippen MR) is 58.3 cm³/mol. The zero-order valence-electron chi connectivity index (χ0n) is 9.31. The molecule has 86 valence electrons. The number of fused-ring (bicyclic) bond motifs is 2. The molecule has 3 rings (SSSR count). The van der Waals surface area contributed by atoms with Crippen LogP contribution in [-0.2, 0) is 0 Å². The SMILES string of the molecule is O[C@@H]1CC[C@H]([C@@H]2C[C@H]3CC[C@H]2C3)C[C@H]1O. The van der Waals surface area contributed by atoms with Crippen LogP contribution in [0.1, 0.15) is 44.9 Å². The molecule has 6 atom stereocenters. The summed E-state index contributed by atoms with van der Waals surface area (Å²) in [5.41, 5.74) is 0. The minimum Gasteiger partial charge on any atom is -0.390 e. The minimum atomic E-state index is -0.445. The van der Waals surface area contributed by atoms with Crippen LogP contribution in [0.3, 0.4) is 0 Å². The number of aliphatic hydroxyl groups excluding tert-OH is 2. The van der Waals surface area contributed by atoms with Crippen LogP contribution in [0.2, 0.25) is 0 Å². The van der Waals surface area contributed by atoms with Crippen molar-refractivity contribution in [2.24, 2.45) is 23.7 Å². The van der Waals surface area contributed by atoms with Gasteiger partial charge >= 0.3 is 0 Å². The molecule has 0 aromatic carbocycles. The molecule has 0 heterocycles. The maximum atomic E-state index is 9.73. The second-order valence-electron chi connectivity index (χ2n) is 6.05. The van der Waals surface area contributed by atoms with Crippen LogP contribution >= 0.6 is 0 Å². The zero-order valence-corrected chi connectivity index (χ0v) is 9.31. The molecule has 15 heavy (non-hydrogen) atoms. The maximum Gasteiger partial charge on any atom is 0.0801 e. The third kappa shape index (κ3) is 1.72. The number of hydrogen-bond donors (Lipinski definition) is 2. The average Bonchev–Trinajstić information content (AvgIpc) is 2.83. The van der Waals surface area contributed by atoms with Gasteiger partial charge in [-0.1, -0.05) is 6.42 Å². The molecule has 0 aliphatic heterocycles. The van der Waals surface area contributed by atoms with Crippen molar-refractivity contribution in [2.45, 2.75) is 57.2 Å². The van der Waals surface area contributed by atoms with Crippen molar-refractivity contribution in [3.05, 3.63) is 0 Å². The van der Waals surface area contributed by atoms with Crippen molar-refractivity contribution in [3.63, 3.8) is 0 Å². The Morgan fingerprint density at radius 2 is 1.40 bits per heavy atom. The lowest BCUT2D eigenvalue weighted by molar-refractivity contribution is -0.0392. The topological polar surface area (TPSA) is 40.5 Å². The molecule has 0 radical (unpaired) electrons. The lowest BCUT2D eigenvalue weighted by atomic mass is 9.71. The molecule has 0 amide bonds. The smallest absolute Gasteiger partial charge is 0.0801 e. The third-order valence-corrected chi connectivity index (χ3v) is 5.22. The van der Waals surface area contributed by atoms with E-state index in [0.717, 1.165) is 37.0 Å². The summed E-state index contributed by atoms with van der Waals surface area (Å²) in [4.78, 5) is 0. The van der Waals surface area contributed by atoms with E-state index in [9.17, 15) is 10.2 Å². The van der Waals surface area contributed by atoms with Crippen molar-refractivity contribution in [1.29, 1.82) is 0 Å². The van der Waals surface area contributed by atoms with Gasteiger partial charge in [0.1, 0.15) is 0 Å². The number of hydrogen-bond acceptors (Lipinski definition) is 2. The van der Waals surface area contributed by atoms with Crippen molar-refractivity contribution < 1.29 is 10.2 Å². The van der Waals surface area contributed by atoms with Crippen LogP contribution in [0.15, 0.2) is 0 Å². The standard InChI is InChI=1S/C13H22O2/c14-12-4-3-10(7-13(12)15)11-6-8-1-2-9(11)5-8/h8-15H,1-7H2/t8-,9-,10-,11+,12+,13+/m0/s1. The number of aliphatic hydroxyl groups is 2. The Morgan fingerprint density at radius 3 is 2.00 bits per heavy atom. The third-order valence-electron chi connectivity index (χ3n) is 5.22. The van der Waals surface area contributed by atoms with Crippen LogP contribution in [0, 0.1) is 23.7 Å². The van der Waals surface area contributed by atoms with E-state index in [0.29, 0.717) is 5.92 Å². The van der Waals surface area contributed by atoms with Gasteiger partial charge in [0, 0.05) is 0 Å². The fraction of sp³-hybridized carbons (Fsp3) is 1.00. The van der Waals surface area contributed by atoms with Gasteiger partial charge in [-0.15, -0.1) is 0 Å². The molecule has 2 heteroatoms. The Labute approximate surface area is 91.7 Å². The van der Waals surface area contributed by atoms with Crippen molar-refractivity contribution in [1.82, 2.24) is 0 Å². The van der Waals surface area contributed by atoms with Crippen molar-refractivity contribution in [3.8, 4) is 0 Å². The highest BCUT2D eigenvalue weighted by molar-refractivity contribution is 4.95. The molecule has 0 unspecified atom stereocenters. The first-order valence-electron chi connectivity index (χ1n) is 6.60. The molecule has 3 fully saturated rings. The lowest BCUT2D eigenvalue weighted by Crippen LogP contribution is -2.37. The molecule has 3 aliphatic rings. The monoisotopic (exact) mass is 210 g/mol. The highest BCUT2D eigenvalue weighted by Gasteiger charge is 2.44. The van der Waals surface area contributed by atoms with E-state index in [1.807, 2.05) is 0 Å². The second-order valence-corrected chi connectivity index (χ2v) is 6.05. The summed E-state index contributed by atoms with van der Waals surface area (Å²) < 4.78 is 0. The molecular weight excluding hydrogens is 188 g/mol. The van der Waals surface area contributed by atoms with Crippen molar-refractivity contribution in [2.75, 3.05) is 0 Å². The Morgan fingerprint density at radius 1 is 0.667 bits per heavy atom. The first kappa shape index (κ1) is 10.1. The summed E-state index contributed by atoms with van der Waals surface area (Å²) in [5, 5.41) is 19.2.